The molecule has 182 valence electrons. The summed E-state index contributed by atoms with van der Waals surface area (Å²) in [6.45, 7) is 4.50. The molecular formula is C28H27F2NO4. The van der Waals surface area contributed by atoms with E-state index in [1.165, 1.54) is 12.1 Å². The van der Waals surface area contributed by atoms with E-state index in [0.717, 1.165) is 47.7 Å². The zero-order valence-corrected chi connectivity index (χ0v) is 19.4. The largest absolute Gasteiger partial charge is 0.508 e. The first kappa shape index (κ1) is 23.2. The summed E-state index contributed by atoms with van der Waals surface area (Å²) < 4.78 is 38.6. The predicted octanol–water partition coefficient (Wildman–Crippen LogP) is 5.58. The van der Waals surface area contributed by atoms with Crippen molar-refractivity contribution in [3.63, 3.8) is 0 Å². The molecule has 2 aliphatic rings. The molecule has 3 aromatic rings. The van der Waals surface area contributed by atoms with E-state index in [0.29, 0.717) is 17.9 Å². The number of hydrogen-bond acceptors (Lipinski definition) is 5. The van der Waals surface area contributed by atoms with Crippen molar-refractivity contribution in [3.05, 3.63) is 83.2 Å². The third-order valence-corrected chi connectivity index (χ3v) is 6.65. The number of allylic oxidation sites excluding steroid dienone is 1. The minimum absolute atomic E-state index is 0.117. The van der Waals surface area contributed by atoms with Crippen LogP contribution in [0.5, 0.6) is 23.0 Å². The van der Waals surface area contributed by atoms with Crippen LogP contribution in [-0.4, -0.2) is 48.0 Å². The van der Waals surface area contributed by atoms with Gasteiger partial charge in [0.15, 0.2) is 11.6 Å². The van der Waals surface area contributed by atoms with Crippen LogP contribution >= 0.6 is 0 Å². The van der Waals surface area contributed by atoms with Crippen molar-refractivity contribution < 1.29 is 28.5 Å². The number of likely N-dealkylation sites (tertiary alicyclic amines) is 1. The van der Waals surface area contributed by atoms with E-state index in [9.17, 15) is 19.0 Å². The summed E-state index contributed by atoms with van der Waals surface area (Å²) in [5.74, 6) is 0.491. The molecule has 1 fully saturated rings. The van der Waals surface area contributed by atoms with Crippen LogP contribution in [0, 0.1) is 11.7 Å². The average Bonchev–Trinajstić information content (AvgIpc) is 2.83. The van der Waals surface area contributed by atoms with Gasteiger partial charge in [0.05, 0.1) is 6.67 Å². The molecule has 2 heterocycles. The molecule has 1 saturated heterocycles. The van der Waals surface area contributed by atoms with E-state index in [-0.39, 0.29) is 18.3 Å². The highest BCUT2D eigenvalue weighted by Crippen LogP contribution is 2.47. The minimum atomic E-state index is -0.696. The van der Waals surface area contributed by atoms with Gasteiger partial charge in [0.1, 0.15) is 30.0 Å². The van der Waals surface area contributed by atoms with Crippen LogP contribution in [0.1, 0.15) is 29.7 Å². The fourth-order valence-corrected chi connectivity index (χ4v) is 4.71. The standard InChI is InChI=1S/C28H27F2NO4/c1-17-23-13-21(32)5-9-26(23)35-28(27(17)20-4-8-24(30)25(33)12-20)19-2-6-22(7-3-19)34-11-10-31-15-18(14-29)16-31/h2-9,12-13,18,28,32-33H,10-11,14-16H2,1H3/t28-/m0/s1. The molecular weight excluding hydrogens is 452 g/mol. The Balaban J connectivity index is 1.40. The summed E-state index contributed by atoms with van der Waals surface area (Å²) in [5.41, 5.74) is 3.86. The second-order valence-corrected chi connectivity index (χ2v) is 9.08. The first-order valence-corrected chi connectivity index (χ1v) is 11.6. The maximum atomic E-state index is 13.8. The molecule has 5 rings (SSSR count). The number of benzene rings is 3. The van der Waals surface area contributed by atoms with Crippen molar-refractivity contribution in [2.75, 3.05) is 32.9 Å². The van der Waals surface area contributed by atoms with Crippen LogP contribution in [0.15, 0.2) is 60.7 Å². The van der Waals surface area contributed by atoms with Crippen molar-refractivity contribution >= 4 is 11.1 Å². The molecule has 35 heavy (non-hydrogen) atoms. The lowest BCUT2D eigenvalue weighted by atomic mass is 9.86. The third-order valence-electron chi connectivity index (χ3n) is 6.65. The Hall–Kier alpha value is -3.58. The zero-order chi connectivity index (χ0) is 24.5. The summed E-state index contributed by atoms with van der Waals surface area (Å²) in [6.07, 6.45) is -0.510. The first-order chi connectivity index (χ1) is 16.9. The molecule has 0 spiro atoms. The van der Waals surface area contributed by atoms with E-state index < -0.39 is 17.7 Å². The van der Waals surface area contributed by atoms with E-state index in [1.54, 1.807) is 24.3 Å². The molecule has 1 atom stereocenters. The Labute approximate surface area is 202 Å². The number of ether oxygens (including phenoxy) is 2. The van der Waals surface area contributed by atoms with Gasteiger partial charge in [-0.2, -0.15) is 0 Å². The van der Waals surface area contributed by atoms with Crippen LogP contribution in [0.4, 0.5) is 8.78 Å². The molecule has 2 N–H and O–H groups in total. The number of halogens is 2. The number of fused-ring (bicyclic) bond motifs is 1. The van der Waals surface area contributed by atoms with Crippen molar-refractivity contribution in [1.29, 1.82) is 0 Å². The minimum Gasteiger partial charge on any atom is -0.508 e. The number of hydrogen-bond donors (Lipinski definition) is 2. The fraction of sp³-hybridized carbons (Fsp3) is 0.286. The SMILES string of the molecule is CC1=C(c2ccc(F)c(O)c2)[C@H](c2ccc(OCCN3CC(CF)C3)cc2)Oc2ccc(O)cc21. The van der Waals surface area contributed by atoms with Gasteiger partial charge < -0.3 is 19.7 Å². The van der Waals surface area contributed by atoms with E-state index in [1.807, 2.05) is 31.2 Å². The maximum Gasteiger partial charge on any atom is 0.164 e. The topological polar surface area (TPSA) is 62.2 Å². The predicted molar refractivity (Wildman–Crippen MR) is 130 cm³/mol. The number of phenolic OH excluding ortho intramolecular Hbond substituents is 2. The second kappa shape index (κ2) is 9.58. The fourth-order valence-electron chi connectivity index (χ4n) is 4.71. The molecule has 7 heteroatoms. The molecule has 0 amide bonds. The number of alkyl halides is 1. The van der Waals surface area contributed by atoms with Crippen molar-refractivity contribution in [2.45, 2.75) is 13.0 Å². The normalized spacial score (nSPS) is 18.1. The Bertz CT molecular complexity index is 1250. The number of phenols is 2. The van der Waals surface area contributed by atoms with Crippen molar-refractivity contribution in [2.24, 2.45) is 5.92 Å². The Morgan fingerprint density at radius 3 is 2.51 bits per heavy atom. The second-order valence-electron chi connectivity index (χ2n) is 9.08. The Morgan fingerprint density at radius 1 is 1.03 bits per heavy atom. The van der Waals surface area contributed by atoms with Crippen LogP contribution in [0.25, 0.3) is 11.1 Å². The lowest BCUT2D eigenvalue weighted by Gasteiger charge is -2.37. The highest BCUT2D eigenvalue weighted by Gasteiger charge is 2.30. The van der Waals surface area contributed by atoms with Gasteiger partial charge in [-0.25, -0.2) is 4.39 Å². The molecule has 0 bridgehead atoms. The van der Waals surface area contributed by atoms with Gasteiger partial charge in [-0.15, -0.1) is 0 Å². The van der Waals surface area contributed by atoms with Crippen LogP contribution in [0.2, 0.25) is 0 Å². The average molecular weight is 480 g/mol. The zero-order valence-electron chi connectivity index (χ0n) is 19.4. The van der Waals surface area contributed by atoms with Crippen LogP contribution in [-0.2, 0) is 0 Å². The Kier molecular flexibility index (Phi) is 6.34. The summed E-state index contributed by atoms with van der Waals surface area (Å²) in [5, 5.41) is 20.0. The van der Waals surface area contributed by atoms with E-state index >= 15 is 0 Å². The monoisotopic (exact) mass is 479 g/mol. The lowest BCUT2D eigenvalue weighted by Crippen LogP contribution is -2.49. The number of nitrogens with zero attached hydrogens (tertiary/aromatic N) is 1. The summed E-state index contributed by atoms with van der Waals surface area (Å²) in [7, 11) is 0. The smallest absolute Gasteiger partial charge is 0.164 e. The molecule has 3 aromatic carbocycles. The lowest BCUT2D eigenvalue weighted by molar-refractivity contribution is 0.0668. The Morgan fingerprint density at radius 2 is 1.80 bits per heavy atom. The molecule has 2 aliphatic heterocycles. The summed E-state index contributed by atoms with van der Waals surface area (Å²) in [6, 6.07) is 16.7. The summed E-state index contributed by atoms with van der Waals surface area (Å²) >= 11 is 0. The van der Waals surface area contributed by atoms with Crippen LogP contribution < -0.4 is 9.47 Å². The van der Waals surface area contributed by atoms with Crippen molar-refractivity contribution in [3.8, 4) is 23.0 Å². The molecule has 0 unspecified atom stereocenters. The van der Waals surface area contributed by atoms with E-state index in [2.05, 4.69) is 4.90 Å². The quantitative estimate of drug-likeness (QED) is 0.463. The van der Waals surface area contributed by atoms with Gasteiger partial charge >= 0.3 is 0 Å². The number of aromatic hydroxyl groups is 2. The molecule has 0 aromatic heterocycles. The van der Waals surface area contributed by atoms with Gasteiger partial charge in [0, 0.05) is 36.7 Å². The highest BCUT2D eigenvalue weighted by molar-refractivity contribution is 5.95. The van der Waals surface area contributed by atoms with Gasteiger partial charge in [-0.3, -0.25) is 9.29 Å². The maximum absolute atomic E-state index is 13.8. The molecule has 0 saturated carbocycles. The van der Waals surface area contributed by atoms with E-state index in [4.69, 9.17) is 9.47 Å². The van der Waals surface area contributed by atoms with Crippen LogP contribution in [0.3, 0.4) is 0 Å². The first-order valence-electron chi connectivity index (χ1n) is 11.6. The molecule has 0 radical (unpaired) electrons. The highest BCUT2D eigenvalue weighted by atomic mass is 19.1. The summed E-state index contributed by atoms with van der Waals surface area (Å²) in [4.78, 5) is 2.17. The van der Waals surface area contributed by atoms with Gasteiger partial charge in [0.25, 0.3) is 0 Å². The van der Waals surface area contributed by atoms with Gasteiger partial charge in [0.2, 0.25) is 0 Å². The van der Waals surface area contributed by atoms with Gasteiger partial charge in [-0.1, -0.05) is 18.2 Å². The number of rotatable bonds is 7. The molecule has 0 aliphatic carbocycles. The molecule has 5 nitrogen and oxygen atoms in total. The third kappa shape index (κ3) is 4.68. The van der Waals surface area contributed by atoms with Crippen molar-refractivity contribution in [1.82, 2.24) is 4.90 Å². The van der Waals surface area contributed by atoms with Gasteiger partial charge in [-0.05, 0) is 66.1 Å².